The molecule has 0 aliphatic heterocycles. The van der Waals surface area contributed by atoms with Crippen molar-refractivity contribution in [2.75, 3.05) is 0 Å². The highest BCUT2D eigenvalue weighted by atomic mass is 19.4. The van der Waals surface area contributed by atoms with Gasteiger partial charge in [-0.15, -0.1) is 5.10 Å². The first-order chi connectivity index (χ1) is 11.7. The highest BCUT2D eigenvalue weighted by Gasteiger charge is 2.36. The summed E-state index contributed by atoms with van der Waals surface area (Å²) in [6.45, 7) is 1.65. The summed E-state index contributed by atoms with van der Waals surface area (Å²) < 4.78 is 38.6. The molecule has 0 spiro atoms. The van der Waals surface area contributed by atoms with E-state index in [2.05, 4.69) is 10.3 Å². The van der Waals surface area contributed by atoms with Gasteiger partial charge in [-0.1, -0.05) is 23.4 Å². The number of nitrogens with zero attached hydrogens (tertiary/aromatic N) is 3. The van der Waals surface area contributed by atoms with E-state index in [1.807, 2.05) is 11.4 Å². The molecule has 0 radical (unpaired) electrons. The molecule has 1 heterocycles. The average molecular weight is 356 g/mol. The number of carbonyl (C=O) groups is 2. The molecule has 0 bridgehead atoms. The van der Waals surface area contributed by atoms with Crippen molar-refractivity contribution in [3.8, 4) is 5.69 Å². The van der Waals surface area contributed by atoms with Gasteiger partial charge in [0.15, 0.2) is 0 Å². The average Bonchev–Trinajstić information content (AvgIpc) is 2.87. The van der Waals surface area contributed by atoms with Crippen molar-refractivity contribution in [3.05, 3.63) is 41.7 Å². The van der Waals surface area contributed by atoms with E-state index in [1.165, 1.54) is 4.68 Å². The lowest BCUT2D eigenvalue weighted by molar-refractivity contribution is -0.159. The Balaban J connectivity index is 2.08. The van der Waals surface area contributed by atoms with E-state index in [1.54, 1.807) is 31.2 Å². The first-order valence-electron chi connectivity index (χ1n) is 7.23. The van der Waals surface area contributed by atoms with E-state index in [-0.39, 0.29) is 12.1 Å². The molecule has 0 aliphatic rings. The van der Waals surface area contributed by atoms with Gasteiger partial charge in [0.05, 0.1) is 29.9 Å². The smallest absolute Gasteiger partial charge is 0.391 e. The SMILES string of the molecule is Cc1c(CC(=O)NC(CC(F)(F)F)C(=O)O)nnn1-c1ccccc1. The Kier molecular flexibility index (Phi) is 5.40. The predicted molar refractivity (Wildman–Crippen MR) is 80.0 cm³/mol. The maximum Gasteiger partial charge on any atom is 0.391 e. The summed E-state index contributed by atoms with van der Waals surface area (Å²) in [5.41, 5.74) is 1.49. The van der Waals surface area contributed by atoms with E-state index in [0.29, 0.717) is 11.4 Å². The second kappa shape index (κ2) is 7.32. The molecule has 7 nitrogen and oxygen atoms in total. The minimum atomic E-state index is -4.71. The summed E-state index contributed by atoms with van der Waals surface area (Å²) in [5.74, 6) is -2.63. The molecular formula is C15H15F3N4O3. The van der Waals surface area contributed by atoms with Gasteiger partial charge in [0.25, 0.3) is 0 Å². The summed E-state index contributed by atoms with van der Waals surface area (Å²) in [5, 5.41) is 18.4. The number of hydrogen-bond donors (Lipinski definition) is 2. The number of aliphatic carboxylic acids is 1. The molecule has 1 aromatic heterocycles. The van der Waals surface area contributed by atoms with Crippen molar-refractivity contribution in [3.63, 3.8) is 0 Å². The molecule has 25 heavy (non-hydrogen) atoms. The van der Waals surface area contributed by atoms with Gasteiger partial charge in [-0.05, 0) is 19.1 Å². The van der Waals surface area contributed by atoms with Crippen LogP contribution in [0, 0.1) is 6.92 Å². The first-order valence-corrected chi connectivity index (χ1v) is 7.23. The Morgan fingerprint density at radius 3 is 2.48 bits per heavy atom. The topological polar surface area (TPSA) is 97.1 Å². The third-order valence-corrected chi connectivity index (χ3v) is 3.39. The van der Waals surface area contributed by atoms with Crippen LogP contribution in [0.1, 0.15) is 17.8 Å². The zero-order valence-electron chi connectivity index (χ0n) is 13.1. The van der Waals surface area contributed by atoms with Gasteiger partial charge in [0.2, 0.25) is 5.91 Å². The van der Waals surface area contributed by atoms with E-state index in [9.17, 15) is 22.8 Å². The Morgan fingerprint density at radius 1 is 1.28 bits per heavy atom. The number of aromatic nitrogens is 3. The molecule has 0 fully saturated rings. The van der Waals surface area contributed by atoms with Crippen molar-refractivity contribution in [1.82, 2.24) is 20.3 Å². The minimum absolute atomic E-state index is 0.248. The molecular weight excluding hydrogens is 341 g/mol. The number of benzene rings is 1. The number of para-hydroxylation sites is 1. The number of amides is 1. The van der Waals surface area contributed by atoms with Crippen LogP contribution in [0.5, 0.6) is 0 Å². The van der Waals surface area contributed by atoms with Crippen LogP contribution in [-0.2, 0) is 16.0 Å². The zero-order valence-corrected chi connectivity index (χ0v) is 13.1. The predicted octanol–water partition coefficient (Wildman–Crippen LogP) is 1.64. The number of rotatable bonds is 6. The highest BCUT2D eigenvalue weighted by Crippen LogP contribution is 2.21. The van der Waals surface area contributed by atoms with Crippen molar-refractivity contribution in [2.45, 2.75) is 32.0 Å². The van der Waals surface area contributed by atoms with Gasteiger partial charge in [0.1, 0.15) is 6.04 Å². The van der Waals surface area contributed by atoms with Crippen molar-refractivity contribution >= 4 is 11.9 Å². The van der Waals surface area contributed by atoms with Crippen molar-refractivity contribution < 1.29 is 27.9 Å². The van der Waals surface area contributed by atoms with Crippen LogP contribution in [0.25, 0.3) is 5.69 Å². The van der Waals surface area contributed by atoms with Crippen LogP contribution < -0.4 is 5.32 Å². The molecule has 1 atom stereocenters. The fourth-order valence-electron chi connectivity index (χ4n) is 2.17. The molecule has 2 aromatic rings. The first kappa shape index (κ1) is 18.4. The number of nitrogens with one attached hydrogen (secondary N) is 1. The number of alkyl halides is 3. The summed E-state index contributed by atoms with van der Waals surface area (Å²) in [4.78, 5) is 22.8. The molecule has 0 aliphatic carbocycles. The molecule has 1 unspecified atom stereocenters. The Morgan fingerprint density at radius 2 is 1.92 bits per heavy atom. The minimum Gasteiger partial charge on any atom is -0.480 e. The number of carboxylic acids is 1. The van der Waals surface area contributed by atoms with E-state index in [0.717, 1.165) is 0 Å². The molecule has 2 rings (SSSR count). The van der Waals surface area contributed by atoms with E-state index in [4.69, 9.17) is 5.11 Å². The van der Waals surface area contributed by atoms with Crippen molar-refractivity contribution in [2.24, 2.45) is 0 Å². The molecule has 0 saturated carbocycles. The van der Waals surface area contributed by atoms with Gasteiger partial charge in [-0.2, -0.15) is 13.2 Å². The third-order valence-electron chi connectivity index (χ3n) is 3.39. The molecule has 2 N–H and O–H groups in total. The second-order valence-corrected chi connectivity index (χ2v) is 5.32. The van der Waals surface area contributed by atoms with Crippen LogP contribution in [0.4, 0.5) is 13.2 Å². The standard InChI is InChI=1S/C15H15F3N4O3/c1-9-11(20-21-22(9)10-5-3-2-4-6-10)7-13(23)19-12(14(24)25)8-15(16,17)18/h2-6,12H,7-8H2,1H3,(H,19,23)(H,24,25). The normalized spacial score (nSPS) is 12.6. The lowest BCUT2D eigenvalue weighted by atomic mass is 10.1. The van der Waals surface area contributed by atoms with Crippen LogP contribution in [0.2, 0.25) is 0 Å². The second-order valence-electron chi connectivity index (χ2n) is 5.32. The van der Waals surface area contributed by atoms with Crippen LogP contribution in [0.3, 0.4) is 0 Å². The van der Waals surface area contributed by atoms with Gasteiger partial charge in [-0.3, -0.25) is 4.79 Å². The third kappa shape index (κ3) is 5.03. The van der Waals surface area contributed by atoms with Crippen LogP contribution in [-0.4, -0.2) is 44.2 Å². The van der Waals surface area contributed by atoms with E-state index < -0.39 is 30.5 Å². The Bertz CT molecular complexity index is 759. The largest absolute Gasteiger partial charge is 0.480 e. The van der Waals surface area contributed by atoms with Gasteiger partial charge < -0.3 is 10.4 Å². The van der Waals surface area contributed by atoms with Gasteiger partial charge >= 0.3 is 12.1 Å². The van der Waals surface area contributed by atoms with Gasteiger partial charge in [-0.25, -0.2) is 9.48 Å². The maximum atomic E-state index is 12.4. The quantitative estimate of drug-likeness (QED) is 0.820. The zero-order chi connectivity index (χ0) is 18.6. The lowest BCUT2D eigenvalue weighted by Crippen LogP contribution is -2.44. The van der Waals surface area contributed by atoms with Gasteiger partial charge in [0, 0.05) is 0 Å². The Labute approximate surface area is 140 Å². The number of halogens is 3. The summed E-state index contributed by atoms with van der Waals surface area (Å²) in [6, 6.07) is 6.90. The summed E-state index contributed by atoms with van der Waals surface area (Å²) in [7, 11) is 0. The monoisotopic (exact) mass is 356 g/mol. The molecule has 10 heteroatoms. The number of carbonyl (C=O) groups excluding carboxylic acids is 1. The number of hydrogen-bond acceptors (Lipinski definition) is 4. The summed E-state index contributed by atoms with van der Waals surface area (Å²) >= 11 is 0. The maximum absolute atomic E-state index is 12.4. The highest BCUT2D eigenvalue weighted by molar-refractivity contribution is 5.84. The van der Waals surface area contributed by atoms with Crippen LogP contribution >= 0.6 is 0 Å². The van der Waals surface area contributed by atoms with Crippen LogP contribution in [0.15, 0.2) is 30.3 Å². The molecule has 134 valence electrons. The fraction of sp³-hybridized carbons (Fsp3) is 0.333. The van der Waals surface area contributed by atoms with E-state index >= 15 is 0 Å². The molecule has 1 amide bonds. The number of carboxylic acid groups (broad SMARTS) is 1. The molecule has 1 aromatic carbocycles. The summed E-state index contributed by atoms with van der Waals surface area (Å²) in [6.07, 6.45) is -6.73. The van der Waals surface area contributed by atoms with Crippen molar-refractivity contribution in [1.29, 1.82) is 0 Å². The Hall–Kier alpha value is -2.91. The lowest BCUT2D eigenvalue weighted by Gasteiger charge is -2.16. The fourth-order valence-corrected chi connectivity index (χ4v) is 2.17. The molecule has 0 saturated heterocycles.